The molecule has 0 radical (unpaired) electrons. The van der Waals surface area contributed by atoms with Crippen LogP contribution in [-0.2, 0) is 9.53 Å². The van der Waals surface area contributed by atoms with Gasteiger partial charge in [-0.15, -0.1) is 0 Å². The summed E-state index contributed by atoms with van der Waals surface area (Å²) in [6, 6.07) is 0. The first kappa shape index (κ1) is 11.9. The van der Waals surface area contributed by atoms with Gasteiger partial charge < -0.3 is 9.84 Å². The van der Waals surface area contributed by atoms with Crippen LogP contribution in [0.3, 0.4) is 0 Å². The molecule has 2 aliphatic rings. The van der Waals surface area contributed by atoms with Crippen LogP contribution in [0.1, 0.15) is 51.4 Å². The molecule has 0 aromatic rings. The van der Waals surface area contributed by atoms with Crippen molar-refractivity contribution in [3.8, 4) is 0 Å². The molecule has 2 fully saturated rings. The van der Waals surface area contributed by atoms with Gasteiger partial charge in [0.25, 0.3) is 0 Å². The fraction of sp³-hybridized carbons (Fsp3) is 0.923. The maximum atomic E-state index is 11.5. The molecule has 1 atom stereocenters. The summed E-state index contributed by atoms with van der Waals surface area (Å²) in [6.45, 7) is 0. The average Bonchev–Trinajstić information content (AvgIpc) is 3.10. The molecule has 0 aromatic carbocycles. The van der Waals surface area contributed by atoms with Crippen molar-refractivity contribution in [3.63, 3.8) is 0 Å². The molecular weight excluding hydrogens is 204 g/mol. The highest BCUT2D eigenvalue weighted by molar-refractivity contribution is 5.76. The summed E-state index contributed by atoms with van der Waals surface area (Å²) in [6.07, 6.45) is 8.56. The number of aliphatic hydroxyl groups excluding tert-OH is 1. The van der Waals surface area contributed by atoms with Crippen molar-refractivity contribution >= 4 is 5.97 Å². The van der Waals surface area contributed by atoms with Crippen molar-refractivity contribution in [2.24, 2.45) is 11.3 Å². The molecule has 16 heavy (non-hydrogen) atoms. The van der Waals surface area contributed by atoms with Crippen molar-refractivity contribution in [1.82, 2.24) is 0 Å². The maximum absolute atomic E-state index is 11.5. The summed E-state index contributed by atoms with van der Waals surface area (Å²) >= 11 is 0. The van der Waals surface area contributed by atoms with Crippen LogP contribution < -0.4 is 0 Å². The number of hydrogen-bond donors (Lipinski definition) is 1. The molecule has 0 aromatic heterocycles. The molecule has 0 amide bonds. The molecule has 2 aliphatic carbocycles. The standard InChI is InChI=1S/C13H22O3/c1-16-12(15)11(14)13(8-9-13)10-6-4-2-3-5-7-10/h10-11,14H,2-9H2,1H3. The van der Waals surface area contributed by atoms with Gasteiger partial charge in [-0.25, -0.2) is 4.79 Å². The molecule has 0 spiro atoms. The molecule has 0 heterocycles. The van der Waals surface area contributed by atoms with Crippen molar-refractivity contribution in [1.29, 1.82) is 0 Å². The van der Waals surface area contributed by atoms with Crippen molar-refractivity contribution in [3.05, 3.63) is 0 Å². The number of esters is 1. The molecule has 3 heteroatoms. The van der Waals surface area contributed by atoms with E-state index in [2.05, 4.69) is 4.74 Å². The highest BCUT2D eigenvalue weighted by atomic mass is 16.5. The molecule has 0 bridgehead atoms. The summed E-state index contributed by atoms with van der Waals surface area (Å²) < 4.78 is 4.67. The Morgan fingerprint density at radius 1 is 1.25 bits per heavy atom. The van der Waals surface area contributed by atoms with Gasteiger partial charge in [0.05, 0.1) is 7.11 Å². The second kappa shape index (κ2) is 4.74. The molecule has 3 nitrogen and oxygen atoms in total. The molecule has 1 unspecified atom stereocenters. The molecule has 0 aliphatic heterocycles. The largest absolute Gasteiger partial charge is 0.467 e. The van der Waals surface area contributed by atoms with Gasteiger partial charge in [-0.2, -0.15) is 0 Å². The zero-order chi connectivity index (χ0) is 11.6. The lowest BCUT2D eigenvalue weighted by molar-refractivity contribution is -0.156. The maximum Gasteiger partial charge on any atom is 0.335 e. The van der Waals surface area contributed by atoms with Crippen LogP contribution in [0.4, 0.5) is 0 Å². The van der Waals surface area contributed by atoms with E-state index >= 15 is 0 Å². The number of rotatable bonds is 3. The molecule has 2 saturated carbocycles. The van der Waals surface area contributed by atoms with Crippen LogP contribution in [0.25, 0.3) is 0 Å². The number of ether oxygens (including phenoxy) is 1. The van der Waals surface area contributed by atoms with Gasteiger partial charge >= 0.3 is 5.97 Å². The lowest BCUT2D eigenvalue weighted by atomic mass is 9.79. The first-order chi connectivity index (χ1) is 7.70. The van der Waals surface area contributed by atoms with E-state index in [1.54, 1.807) is 0 Å². The van der Waals surface area contributed by atoms with Crippen molar-refractivity contribution in [2.45, 2.75) is 57.5 Å². The average molecular weight is 226 g/mol. The molecule has 1 N–H and O–H groups in total. The van der Waals surface area contributed by atoms with Gasteiger partial charge in [0, 0.05) is 5.41 Å². The van der Waals surface area contributed by atoms with E-state index < -0.39 is 12.1 Å². The smallest absolute Gasteiger partial charge is 0.335 e. The number of aliphatic hydroxyl groups is 1. The van der Waals surface area contributed by atoms with E-state index in [9.17, 15) is 9.90 Å². The summed E-state index contributed by atoms with van der Waals surface area (Å²) in [5.74, 6) is 0.0887. The first-order valence-electron chi connectivity index (χ1n) is 6.46. The topological polar surface area (TPSA) is 46.5 Å². The number of carbonyl (C=O) groups is 1. The van der Waals surface area contributed by atoms with Crippen LogP contribution in [-0.4, -0.2) is 24.3 Å². The number of hydrogen-bond acceptors (Lipinski definition) is 3. The van der Waals surface area contributed by atoms with Crippen LogP contribution >= 0.6 is 0 Å². The Bertz CT molecular complexity index is 250. The predicted molar refractivity (Wildman–Crippen MR) is 60.9 cm³/mol. The Morgan fingerprint density at radius 2 is 1.81 bits per heavy atom. The predicted octanol–water partition coefficient (Wildman–Crippen LogP) is 2.27. The summed E-state index contributed by atoms with van der Waals surface area (Å²) in [5.41, 5.74) is -0.128. The lowest BCUT2D eigenvalue weighted by Gasteiger charge is -2.28. The van der Waals surface area contributed by atoms with E-state index in [4.69, 9.17) is 0 Å². The second-order valence-electron chi connectivity index (χ2n) is 5.35. The van der Waals surface area contributed by atoms with Gasteiger partial charge in [0.15, 0.2) is 6.10 Å². The van der Waals surface area contributed by atoms with E-state index in [0.717, 1.165) is 12.8 Å². The van der Waals surface area contributed by atoms with Crippen LogP contribution in [0.15, 0.2) is 0 Å². The third kappa shape index (κ3) is 2.10. The zero-order valence-electron chi connectivity index (χ0n) is 10.1. The molecular formula is C13H22O3. The van der Waals surface area contributed by atoms with Crippen LogP contribution in [0.5, 0.6) is 0 Å². The zero-order valence-corrected chi connectivity index (χ0v) is 10.1. The monoisotopic (exact) mass is 226 g/mol. The summed E-state index contributed by atoms with van der Waals surface area (Å²) in [7, 11) is 1.36. The third-order valence-corrected chi connectivity index (χ3v) is 4.46. The lowest BCUT2D eigenvalue weighted by Crippen LogP contribution is -2.37. The fourth-order valence-corrected chi connectivity index (χ4v) is 3.25. The Kier molecular flexibility index (Phi) is 3.53. The third-order valence-electron chi connectivity index (χ3n) is 4.46. The minimum atomic E-state index is -0.888. The van der Waals surface area contributed by atoms with E-state index in [1.807, 2.05) is 0 Å². The molecule has 0 saturated heterocycles. The Hall–Kier alpha value is -0.570. The quantitative estimate of drug-likeness (QED) is 0.593. The van der Waals surface area contributed by atoms with Crippen molar-refractivity contribution in [2.75, 3.05) is 7.11 Å². The Balaban J connectivity index is 2.03. The van der Waals surface area contributed by atoms with E-state index in [-0.39, 0.29) is 5.41 Å². The van der Waals surface area contributed by atoms with Gasteiger partial charge in [-0.1, -0.05) is 25.7 Å². The summed E-state index contributed by atoms with van der Waals surface area (Å²) in [4.78, 5) is 11.5. The number of methoxy groups -OCH3 is 1. The van der Waals surface area contributed by atoms with Crippen molar-refractivity contribution < 1.29 is 14.6 Å². The van der Waals surface area contributed by atoms with E-state index in [1.165, 1.54) is 45.6 Å². The Morgan fingerprint density at radius 3 is 2.25 bits per heavy atom. The fourth-order valence-electron chi connectivity index (χ4n) is 3.25. The molecule has 2 rings (SSSR count). The van der Waals surface area contributed by atoms with Crippen LogP contribution in [0.2, 0.25) is 0 Å². The first-order valence-corrected chi connectivity index (χ1v) is 6.46. The summed E-state index contributed by atoms with van der Waals surface area (Å²) in [5, 5.41) is 10.1. The minimum absolute atomic E-state index is 0.128. The van der Waals surface area contributed by atoms with Gasteiger partial charge in [-0.3, -0.25) is 0 Å². The highest BCUT2D eigenvalue weighted by Crippen LogP contribution is 2.58. The second-order valence-corrected chi connectivity index (χ2v) is 5.35. The normalized spacial score (nSPS) is 26.9. The Labute approximate surface area is 97.2 Å². The van der Waals surface area contributed by atoms with Gasteiger partial charge in [0.2, 0.25) is 0 Å². The van der Waals surface area contributed by atoms with E-state index in [0.29, 0.717) is 5.92 Å². The number of carbonyl (C=O) groups excluding carboxylic acids is 1. The van der Waals surface area contributed by atoms with Crippen LogP contribution in [0, 0.1) is 11.3 Å². The highest BCUT2D eigenvalue weighted by Gasteiger charge is 2.56. The SMILES string of the molecule is COC(=O)C(O)C1(C2CCCCCC2)CC1. The van der Waals surface area contributed by atoms with Gasteiger partial charge in [0.1, 0.15) is 0 Å². The van der Waals surface area contributed by atoms with Gasteiger partial charge in [-0.05, 0) is 31.6 Å². The molecule has 92 valence electrons. The minimum Gasteiger partial charge on any atom is -0.467 e.